The largest absolute Gasteiger partial charge is 0.394 e. The molecule has 12 N–H and O–H groups in total. The van der Waals surface area contributed by atoms with Crippen LogP contribution in [0.15, 0.2) is 12.2 Å². The van der Waals surface area contributed by atoms with Crippen LogP contribution in [0.3, 0.4) is 0 Å². The summed E-state index contributed by atoms with van der Waals surface area (Å²) in [7, 11) is 0. The fourth-order valence-corrected chi connectivity index (χ4v) is 9.31. The van der Waals surface area contributed by atoms with Gasteiger partial charge in [-0.15, -0.1) is 0 Å². The summed E-state index contributed by atoms with van der Waals surface area (Å²) >= 11 is 0. The average Bonchev–Trinajstić information content (AvgIpc) is 3.35. The number of aliphatic hydroxyl groups is 11. The molecule has 0 spiro atoms. The van der Waals surface area contributed by atoms with E-state index in [1.54, 1.807) is 6.08 Å². The second-order valence-corrected chi connectivity index (χ2v) is 19.7. The van der Waals surface area contributed by atoms with E-state index in [1.807, 2.05) is 6.08 Å². The van der Waals surface area contributed by atoms with Crippen molar-refractivity contribution in [3.8, 4) is 0 Å². The summed E-state index contributed by atoms with van der Waals surface area (Å²) in [6.45, 7) is 1.68. The first-order valence-corrected chi connectivity index (χ1v) is 26.9. The Labute approximate surface area is 416 Å². The predicted octanol–water partition coefficient (Wildman–Crippen LogP) is 2.65. The molecule has 3 rings (SSSR count). The number of amides is 1. The molecular weight excluding hydrogens is 915 g/mol. The minimum Gasteiger partial charge on any atom is -0.394 e. The van der Waals surface area contributed by atoms with Crippen LogP contribution >= 0.6 is 0 Å². The highest BCUT2D eigenvalue weighted by molar-refractivity contribution is 5.76. The maximum absolute atomic E-state index is 13.2. The highest BCUT2D eigenvalue weighted by Crippen LogP contribution is 2.33. The molecule has 3 heterocycles. The zero-order valence-electron chi connectivity index (χ0n) is 42.3. The fraction of sp³-hybridized carbons (Fsp3) is 0.941. The third-order valence-corrected chi connectivity index (χ3v) is 13.8. The third-order valence-electron chi connectivity index (χ3n) is 13.8. The van der Waals surface area contributed by atoms with Gasteiger partial charge < -0.3 is 89.9 Å². The second kappa shape index (κ2) is 36.5. The van der Waals surface area contributed by atoms with E-state index >= 15 is 0 Å². The van der Waals surface area contributed by atoms with Crippen molar-refractivity contribution in [1.82, 2.24) is 5.32 Å². The Kier molecular flexibility index (Phi) is 32.7. The van der Waals surface area contributed by atoms with Crippen molar-refractivity contribution in [2.24, 2.45) is 0 Å². The van der Waals surface area contributed by atoms with E-state index < -0.39 is 124 Å². The van der Waals surface area contributed by atoms with Crippen molar-refractivity contribution < 1.29 is 89.4 Å². The number of allylic oxidation sites excluding steroid dienone is 1. The van der Waals surface area contributed by atoms with E-state index in [0.717, 1.165) is 44.9 Å². The maximum Gasteiger partial charge on any atom is 0.220 e. The Morgan fingerprint density at radius 3 is 1.34 bits per heavy atom. The van der Waals surface area contributed by atoms with Crippen LogP contribution < -0.4 is 5.32 Å². The van der Waals surface area contributed by atoms with E-state index in [9.17, 15) is 61.0 Å². The van der Waals surface area contributed by atoms with Gasteiger partial charge in [-0.3, -0.25) is 4.79 Å². The minimum atomic E-state index is -1.97. The molecular formula is C51H95NO18. The van der Waals surface area contributed by atoms with Crippen LogP contribution in [0.1, 0.15) is 174 Å². The lowest BCUT2D eigenvalue weighted by molar-refractivity contribution is -0.379. The highest BCUT2D eigenvalue weighted by Gasteiger charge is 2.53. The molecule has 0 aromatic rings. The topological polar surface area (TPSA) is 307 Å². The number of hydrogen-bond acceptors (Lipinski definition) is 18. The zero-order chi connectivity index (χ0) is 51.3. The van der Waals surface area contributed by atoms with Crippen LogP contribution in [0.25, 0.3) is 0 Å². The molecule has 0 bridgehead atoms. The summed E-state index contributed by atoms with van der Waals surface area (Å²) in [5.74, 6) is -0.277. The van der Waals surface area contributed by atoms with Gasteiger partial charge in [-0.25, -0.2) is 0 Å². The first kappa shape index (κ1) is 62.8. The molecule has 3 aliphatic heterocycles. The standard InChI is InChI=1S/C51H95NO18/c1-3-5-7-9-11-13-15-17-19-21-23-25-27-29-39(57)52-34(35(56)28-26-24-22-20-18-16-14-12-10-8-6-4-2)33-65-49-45(63)42(60)47(37(31-54)67-49)70-51-46(64)43(61)48(38(32-55)68-51)69-50-44(62)41(59)40(58)36(30-53)66-50/h26,28,34-38,40-51,53-56,58-64H,3-25,27,29-33H2,1-2H3,(H,52,57)/b28-26+. The first-order valence-electron chi connectivity index (χ1n) is 26.9. The molecule has 3 aliphatic rings. The van der Waals surface area contributed by atoms with Gasteiger partial charge in [0.25, 0.3) is 0 Å². The quantitative estimate of drug-likeness (QED) is 0.0313. The van der Waals surface area contributed by atoms with Gasteiger partial charge in [0.1, 0.15) is 73.2 Å². The monoisotopic (exact) mass is 1010 g/mol. The van der Waals surface area contributed by atoms with Crippen LogP contribution in [0.5, 0.6) is 0 Å². The van der Waals surface area contributed by atoms with Crippen molar-refractivity contribution in [2.45, 2.75) is 279 Å². The normalized spacial score (nSPS) is 32.6. The number of nitrogens with one attached hydrogen (secondary N) is 1. The Morgan fingerprint density at radius 1 is 0.500 bits per heavy atom. The van der Waals surface area contributed by atoms with Gasteiger partial charge >= 0.3 is 0 Å². The molecule has 0 saturated carbocycles. The maximum atomic E-state index is 13.2. The molecule has 0 aromatic carbocycles. The van der Waals surface area contributed by atoms with Crippen molar-refractivity contribution in [3.63, 3.8) is 0 Å². The smallest absolute Gasteiger partial charge is 0.220 e. The van der Waals surface area contributed by atoms with E-state index in [1.165, 1.54) is 103 Å². The van der Waals surface area contributed by atoms with Crippen LogP contribution in [0, 0.1) is 0 Å². The molecule has 19 nitrogen and oxygen atoms in total. The molecule has 3 saturated heterocycles. The van der Waals surface area contributed by atoms with E-state index in [4.69, 9.17) is 28.4 Å². The van der Waals surface area contributed by atoms with Gasteiger partial charge in [0, 0.05) is 6.42 Å². The van der Waals surface area contributed by atoms with Crippen molar-refractivity contribution >= 4 is 5.91 Å². The SMILES string of the molecule is CCCCCCCCCCCC/C=C/C(O)C(COC1OC(CO)C(OC2OC(CO)C(OC3OC(CO)C(O)C(O)C3O)C(O)C2O)C(O)C1O)NC(=O)CCCCCCCCCCCCCCC. The average molecular weight is 1010 g/mol. The first-order chi connectivity index (χ1) is 33.8. The summed E-state index contributed by atoms with van der Waals surface area (Å²) in [5, 5.41) is 120. The van der Waals surface area contributed by atoms with Gasteiger partial charge in [-0.05, 0) is 19.3 Å². The lowest BCUT2D eigenvalue weighted by atomic mass is 9.96. The molecule has 1 amide bonds. The Balaban J connectivity index is 1.55. The molecule has 17 atom stereocenters. The van der Waals surface area contributed by atoms with Crippen molar-refractivity contribution in [3.05, 3.63) is 12.2 Å². The van der Waals surface area contributed by atoms with E-state index in [2.05, 4.69) is 19.2 Å². The molecule has 17 unspecified atom stereocenters. The van der Waals surface area contributed by atoms with Gasteiger partial charge in [0.05, 0.1) is 38.6 Å². The highest BCUT2D eigenvalue weighted by atomic mass is 16.8. The Hall–Kier alpha value is -1.47. The minimum absolute atomic E-state index is 0.248. The molecule has 0 aliphatic carbocycles. The number of carbonyl (C=O) groups is 1. The molecule has 70 heavy (non-hydrogen) atoms. The summed E-state index contributed by atoms with van der Waals surface area (Å²) in [6, 6.07) is -0.964. The summed E-state index contributed by atoms with van der Waals surface area (Å²) in [4.78, 5) is 13.2. The number of aliphatic hydroxyl groups excluding tert-OH is 11. The number of ether oxygens (including phenoxy) is 6. The molecule has 0 aromatic heterocycles. The zero-order valence-corrected chi connectivity index (χ0v) is 42.3. The van der Waals surface area contributed by atoms with E-state index in [0.29, 0.717) is 6.42 Å². The number of carbonyl (C=O) groups excluding carboxylic acids is 1. The number of hydrogen-bond donors (Lipinski definition) is 12. The van der Waals surface area contributed by atoms with Crippen molar-refractivity contribution in [1.29, 1.82) is 0 Å². The second-order valence-electron chi connectivity index (χ2n) is 19.7. The summed E-state index contributed by atoms with van der Waals surface area (Å²) in [6.07, 6.45) is 4.95. The third kappa shape index (κ3) is 21.8. The van der Waals surface area contributed by atoms with Crippen LogP contribution in [0.4, 0.5) is 0 Å². The number of rotatable bonds is 38. The lowest BCUT2D eigenvalue weighted by Gasteiger charge is -2.48. The fourth-order valence-electron chi connectivity index (χ4n) is 9.31. The van der Waals surface area contributed by atoms with E-state index in [-0.39, 0.29) is 18.9 Å². The van der Waals surface area contributed by atoms with Crippen LogP contribution in [0.2, 0.25) is 0 Å². The predicted molar refractivity (Wildman–Crippen MR) is 259 cm³/mol. The van der Waals surface area contributed by atoms with Crippen LogP contribution in [-0.2, 0) is 33.2 Å². The van der Waals surface area contributed by atoms with Gasteiger partial charge in [0.15, 0.2) is 18.9 Å². The number of unbranched alkanes of at least 4 members (excludes halogenated alkanes) is 22. The van der Waals surface area contributed by atoms with Gasteiger partial charge in [-0.2, -0.15) is 0 Å². The van der Waals surface area contributed by atoms with Gasteiger partial charge in [-0.1, -0.05) is 161 Å². The van der Waals surface area contributed by atoms with Crippen molar-refractivity contribution in [2.75, 3.05) is 26.4 Å². The molecule has 412 valence electrons. The van der Waals surface area contributed by atoms with Gasteiger partial charge in [0.2, 0.25) is 5.91 Å². The lowest BCUT2D eigenvalue weighted by Crippen LogP contribution is -2.66. The summed E-state index contributed by atoms with van der Waals surface area (Å²) < 4.78 is 34.1. The Morgan fingerprint density at radius 2 is 0.886 bits per heavy atom. The molecule has 19 heteroatoms. The van der Waals surface area contributed by atoms with Crippen LogP contribution in [-0.4, -0.2) is 193 Å². The summed E-state index contributed by atoms with van der Waals surface area (Å²) in [5.41, 5.74) is 0. The Bertz CT molecular complexity index is 1350. The molecule has 0 radical (unpaired) electrons. The molecule has 3 fully saturated rings.